The molecule has 0 radical (unpaired) electrons. The van der Waals surface area contributed by atoms with Crippen LogP contribution in [0.2, 0.25) is 0 Å². The highest BCUT2D eigenvalue weighted by molar-refractivity contribution is 9.10. The molecule has 1 fully saturated rings. The zero-order valence-corrected chi connectivity index (χ0v) is 13.2. The highest BCUT2D eigenvalue weighted by Crippen LogP contribution is 2.27. The number of alkyl halides is 1. The maximum Gasteiger partial charge on any atom is 0.255 e. The van der Waals surface area contributed by atoms with Crippen molar-refractivity contribution >= 4 is 37.8 Å². The Morgan fingerprint density at radius 1 is 1.50 bits per heavy atom. The van der Waals surface area contributed by atoms with Crippen molar-refractivity contribution in [2.75, 3.05) is 13.1 Å². The summed E-state index contributed by atoms with van der Waals surface area (Å²) in [6.45, 7) is 3.56. The Balaban J connectivity index is 2.19. The van der Waals surface area contributed by atoms with E-state index in [1.54, 1.807) is 17.0 Å². The fraction of sp³-hybridized carbons (Fsp3) is 0.462. The largest absolute Gasteiger partial charge is 0.337 e. The number of carbonyl (C=O) groups excluding carboxylic acids is 1. The molecule has 2 rings (SSSR count). The van der Waals surface area contributed by atoms with E-state index in [1.165, 1.54) is 6.07 Å². The molecule has 1 saturated heterocycles. The second kappa shape index (κ2) is 5.70. The van der Waals surface area contributed by atoms with Crippen LogP contribution in [0.25, 0.3) is 0 Å². The second-order valence-corrected chi connectivity index (χ2v) is 6.60. The zero-order valence-electron chi connectivity index (χ0n) is 10.00. The summed E-state index contributed by atoms with van der Waals surface area (Å²) >= 11 is 6.73. The molecule has 0 aromatic heterocycles. The summed E-state index contributed by atoms with van der Waals surface area (Å²) in [7, 11) is 0. The van der Waals surface area contributed by atoms with Crippen molar-refractivity contribution in [3.05, 3.63) is 34.1 Å². The van der Waals surface area contributed by atoms with Gasteiger partial charge in [0, 0.05) is 17.9 Å². The van der Waals surface area contributed by atoms with Gasteiger partial charge in [0.2, 0.25) is 0 Å². The Labute approximate surface area is 123 Å². The quantitative estimate of drug-likeness (QED) is 0.680. The van der Waals surface area contributed by atoms with Crippen LogP contribution in [-0.2, 0) is 0 Å². The van der Waals surface area contributed by atoms with Gasteiger partial charge in [0.15, 0.2) is 0 Å². The Kier molecular flexibility index (Phi) is 4.43. The zero-order chi connectivity index (χ0) is 13.3. The first-order valence-electron chi connectivity index (χ1n) is 5.88. The topological polar surface area (TPSA) is 20.3 Å². The number of nitrogens with zero attached hydrogens (tertiary/aromatic N) is 1. The van der Waals surface area contributed by atoms with E-state index >= 15 is 0 Å². The highest BCUT2D eigenvalue weighted by atomic mass is 79.9. The minimum absolute atomic E-state index is 0.113. The van der Waals surface area contributed by atoms with Crippen molar-refractivity contribution in [3.63, 3.8) is 0 Å². The monoisotopic (exact) mass is 377 g/mol. The van der Waals surface area contributed by atoms with Crippen molar-refractivity contribution in [2.24, 2.45) is 5.92 Å². The maximum atomic E-state index is 13.4. The number of amides is 1. The third-order valence-corrected chi connectivity index (χ3v) is 5.33. The van der Waals surface area contributed by atoms with Gasteiger partial charge in [0.1, 0.15) is 5.82 Å². The van der Waals surface area contributed by atoms with Gasteiger partial charge >= 0.3 is 0 Å². The van der Waals surface area contributed by atoms with E-state index in [9.17, 15) is 9.18 Å². The summed E-state index contributed by atoms with van der Waals surface area (Å²) < 4.78 is 13.7. The molecule has 2 atom stereocenters. The standard InChI is InChI=1S/C13H14Br2FNO/c1-8-5-6-17(7-10(8)14)13(18)9-3-2-4-11(16)12(9)15/h2-4,8,10H,5-7H2,1H3. The smallest absolute Gasteiger partial charge is 0.255 e. The number of hydrogen-bond acceptors (Lipinski definition) is 1. The van der Waals surface area contributed by atoms with Crippen molar-refractivity contribution in [2.45, 2.75) is 18.2 Å². The van der Waals surface area contributed by atoms with Gasteiger partial charge in [0.25, 0.3) is 5.91 Å². The van der Waals surface area contributed by atoms with Crippen LogP contribution < -0.4 is 0 Å². The Hall–Kier alpha value is -0.420. The normalized spacial score (nSPS) is 24.1. The van der Waals surface area contributed by atoms with E-state index in [2.05, 4.69) is 38.8 Å². The van der Waals surface area contributed by atoms with E-state index in [1.807, 2.05) is 0 Å². The minimum atomic E-state index is -0.401. The molecular weight excluding hydrogens is 365 g/mol. The van der Waals surface area contributed by atoms with Gasteiger partial charge in [-0.05, 0) is 40.4 Å². The van der Waals surface area contributed by atoms with Crippen molar-refractivity contribution < 1.29 is 9.18 Å². The molecule has 98 valence electrons. The average molecular weight is 379 g/mol. The lowest BCUT2D eigenvalue weighted by Gasteiger charge is -2.34. The first-order valence-corrected chi connectivity index (χ1v) is 7.59. The molecule has 1 aliphatic heterocycles. The van der Waals surface area contributed by atoms with Gasteiger partial charge in [-0.25, -0.2) is 4.39 Å². The lowest BCUT2D eigenvalue weighted by molar-refractivity contribution is 0.0704. The third kappa shape index (κ3) is 2.77. The van der Waals surface area contributed by atoms with Gasteiger partial charge in [-0.1, -0.05) is 28.9 Å². The number of hydrogen-bond donors (Lipinski definition) is 0. The van der Waals surface area contributed by atoms with Crippen LogP contribution in [0.5, 0.6) is 0 Å². The van der Waals surface area contributed by atoms with E-state index in [0.717, 1.165) is 13.0 Å². The molecular formula is C13H14Br2FNO. The summed E-state index contributed by atoms with van der Waals surface area (Å²) in [6.07, 6.45) is 0.967. The molecule has 1 heterocycles. The Bertz CT molecular complexity index is 466. The van der Waals surface area contributed by atoms with Crippen molar-refractivity contribution in [3.8, 4) is 0 Å². The molecule has 0 bridgehead atoms. The van der Waals surface area contributed by atoms with Gasteiger partial charge in [-0.3, -0.25) is 4.79 Å². The molecule has 0 saturated carbocycles. The second-order valence-electron chi connectivity index (χ2n) is 4.63. The molecule has 1 aromatic carbocycles. The van der Waals surface area contributed by atoms with Crippen LogP contribution in [-0.4, -0.2) is 28.7 Å². The molecule has 1 aliphatic rings. The molecule has 2 unspecified atom stereocenters. The molecule has 1 aromatic rings. The fourth-order valence-corrected chi connectivity index (χ4v) is 3.09. The number of carbonyl (C=O) groups is 1. The predicted octanol–water partition coefficient (Wildman–Crippen LogP) is 3.83. The minimum Gasteiger partial charge on any atom is -0.337 e. The molecule has 2 nitrogen and oxygen atoms in total. The van der Waals surface area contributed by atoms with Crippen LogP contribution in [0.1, 0.15) is 23.7 Å². The number of rotatable bonds is 1. The van der Waals surface area contributed by atoms with Crippen LogP contribution in [0.4, 0.5) is 4.39 Å². The van der Waals surface area contributed by atoms with Crippen molar-refractivity contribution in [1.82, 2.24) is 4.90 Å². The van der Waals surface area contributed by atoms with Gasteiger partial charge in [0.05, 0.1) is 10.0 Å². The maximum absolute atomic E-state index is 13.4. The van der Waals surface area contributed by atoms with E-state index in [-0.39, 0.29) is 10.4 Å². The summed E-state index contributed by atoms with van der Waals surface area (Å²) in [5, 5.41) is 0. The SMILES string of the molecule is CC1CCN(C(=O)c2cccc(F)c2Br)CC1Br. The van der Waals surface area contributed by atoms with Gasteiger partial charge < -0.3 is 4.90 Å². The average Bonchev–Trinajstić information content (AvgIpc) is 2.35. The van der Waals surface area contributed by atoms with Crippen LogP contribution in [0, 0.1) is 11.7 Å². The molecule has 0 aliphatic carbocycles. The van der Waals surface area contributed by atoms with E-state index < -0.39 is 5.82 Å². The first kappa shape index (κ1) is 14.0. The third-order valence-electron chi connectivity index (χ3n) is 3.34. The van der Waals surface area contributed by atoms with Crippen molar-refractivity contribution in [1.29, 1.82) is 0 Å². The predicted molar refractivity (Wildman–Crippen MR) is 76.5 cm³/mol. The lowest BCUT2D eigenvalue weighted by Crippen LogP contribution is -2.43. The molecule has 1 amide bonds. The highest BCUT2D eigenvalue weighted by Gasteiger charge is 2.28. The van der Waals surface area contributed by atoms with Crippen LogP contribution in [0.3, 0.4) is 0 Å². The molecule has 0 N–H and O–H groups in total. The van der Waals surface area contributed by atoms with Crippen LogP contribution in [0.15, 0.2) is 22.7 Å². The molecule has 0 spiro atoms. The fourth-order valence-electron chi connectivity index (χ4n) is 2.05. The Morgan fingerprint density at radius 2 is 2.22 bits per heavy atom. The summed E-state index contributed by atoms with van der Waals surface area (Å²) in [5.74, 6) is 0.0457. The summed E-state index contributed by atoms with van der Waals surface area (Å²) in [5.41, 5.74) is 0.393. The van der Waals surface area contributed by atoms with E-state index in [0.29, 0.717) is 22.9 Å². The number of halogens is 3. The first-order chi connectivity index (χ1) is 8.50. The Morgan fingerprint density at radius 3 is 2.89 bits per heavy atom. The van der Waals surface area contributed by atoms with Gasteiger partial charge in [-0.2, -0.15) is 0 Å². The van der Waals surface area contributed by atoms with Crippen LogP contribution >= 0.6 is 31.9 Å². The van der Waals surface area contributed by atoms with Gasteiger partial charge in [-0.15, -0.1) is 0 Å². The number of benzene rings is 1. The summed E-state index contributed by atoms with van der Waals surface area (Å²) in [6, 6.07) is 4.55. The summed E-state index contributed by atoms with van der Waals surface area (Å²) in [4.78, 5) is 14.4. The van der Waals surface area contributed by atoms with E-state index in [4.69, 9.17) is 0 Å². The number of piperidine rings is 1. The number of likely N-dealkylation sites (tertiary alicyclic amines) is 1. The molecule has 18 heavy (non-hydrogen) atoms. The lowest BCUT2D eigenvalue weighted by atomic mass is 9.98. The molecule has 5 heteroatoms.